The van der Waals surface area contributed by atoms with Crippen molar-refractivity contribution in [3.63, 3.8) is 0 Å². The molecule has 0 fully saturated rings. The van der Waals surface area contributed by atoms with E-state index in [1.165, 1.54) is 32.7 Å². The van der Waals surface area contributed by atoms with Crippen LogP contribution in [0.4, 0.5) is 0 Å². The van der Waals surface area contributed by atoms with E-state index in [9.17, 15) is 0 Å². The molecule has 0 spiro atoms. The molecule has 4 aromatic heterocycles. The SMILES string of the molecule is c1ccc(-c2cc3c4ccccc4n(-c4cccc5c4oc4ccccc45)c3cc2-c2ccc3c(c2)c2ccccc2n3-c2cccc3c2oc2ccccc23)cc1. The number of hydrogen-bond donors (Lipinski definition) is 0. The number of furan rings is 2. The molecule has 0 bridgehead atoms. The first-order valence-corrected chi connectivity index (χ1v) is 19.8. The summed E-state index contributed by atoms with van der Waals surface area (Å²) in [5.41, 5.74) is 14.8. The number of rotatable bonds is 4. The zero-order valence-electron chi connectivity index (χ0n) is 31.2. The van der Waals surface area contributed by atoms with Gasteiger partial charge in [-0.05, 0) is 82.9 Å². The molecule has 0 amide bonds. The third-order valence-corrected chi connectivity index (χ3v) is 12.1. The van der Waals surface area contributed by atoms with Gasteiger partial charge in [0.2, 0.25) is 0 Å². The molecule has 0 unspecified atom stereocenters. The zero-order chi connectivity index (χ0) is 37.9. The Morgan fingerprint density at radius 1 is 0.276 bits per heavy atom. The van der Waals surface area contributed by atoms with Crippen LogP contribution in [0.15, 0.2) is 203 Å². The monoisotopic (exact) mass is 740 g/mol. The summed E-state index contributed by atoms with van der Waals surface area (Å²) >= 11 is 0. The van der Waals surface area contributed by atoms with Crippen molar-refractivity contribution in [2.45, 2.75) is 0 Å². The van der Waals surface area contributed by atoms with E-state index in [-0.39, 0.29) is 0 Å². The largest absolute Gasteiger partial charge is 0.454 e. The Bertz CT molecular complexity index is 3800. The second kappa shape index (κ2) is 11.8. The summed E-state index contributed by atoms with van der Waals surface area (Å²) in [6, 6.07) is 69.6. The highest BCUT2D eigenvalue weighted by molar-refractivity contribution is 6.17. The van der Waals surface area contributed by atoms with E-state index < -0.39 is 0 Å². The average Bonchev–Trinajstić information content (AvgIpc) is 4.04. The predicted molar refractivity (Wildman–Crippen MR) is 241 cm³/mol. The van der Waals surface area contributed by atoms with Gasteiger partial charge in [-0.25, -0.2) is 0 Å². The molecule has 13 aromatic rings. The Hall–Kier alpha value is -7.82. The third kappa shape index (κ3) is 4.34. The fourth-order valence-corrected chi connectivity index (χ4v) is 9.59. The Morgan fingerprint density at radius 3 is 1.36 bits per heavy atom. The number of hydrogen-bond acceptors (Lipinski definition) is 2. The van der Waals surface area contributed by atoms with Crippen molar-refractivity contribution in [2.75, 3.05) is 0 Å². The van der Waals surface area contributed by atoms with Crippen LogP contribution in [-0.2, 0) is 0 Å². The van der Waals surface area contributed by atoms with Crippen LogP contribution in [0, 0.1) is 0 Å². The van der Waals surface area contributed by atoms with Gasteiger partial charge < -0.3 is 18.0 Å². The number of para-hydroxylation sites is 6. The Balaban J connectivity index is 1.10. The number of nitrogens with zero attached hydrogens (tertiary/aromatic N) is 2. The third-order valence-electron chi connectivity index (χ3n) is 12.1. The van der Waals surface area contributed by atoms with Crippen LogP contribution in [0.25, 0.3) is 121 Å². The molecule has 0 N–H and O–H groups in total. The molecule has 9 aromatic carbocycles. The molecule has 270 valence electrons. The quantitative estimate of drug-likeness (QED) is 0.180. The molecular formula is C54H32N2O2. The van der Waals surface area contributed by atoms with Crippen LogP contribution in [0.5, 0.6) is 0 Å². The van der Waals surface area contributed by atoms with Crippen LogP contribution in [0.2, 0.25) is 0 Å². The van der Waals surface area contributed by atoms with Crippen molar-refractivity contribution in [1.82, 2.24) is 9.13 Å². The van der Waals surface area contributed by atoms with Crippen molar-refractivity contribution in [1.29, 1.82) is 0 Å². The summed E-state index contributed by atoms with van der Waals surface area (Å²) < 4.78 is 18.0. The molecule has 0 radical (unpaired) electrons. The molecule has 4 nitrogen and oxygen atoms in total. The van der Waals surface area contributed by atoms with Crippen molar-refractivity contribution >= 4 is 87.5 Å². The van der Waals surface area contributed by atoms with Crippen LogP contribution in [0.1, 0.15) is 0 Å². The van der Waals surface area contributed by atoms with E-state index in [1.807, 2.05) is 12.1 Å². The van der Waals surface area contributed by atoms with Gasteiger partial charge in [-0.1, -0.05) is 133 Å². The van der Waals surface area contributed by atoms with Crippen molar-refractivity contribution in [2.24, 2.45) is 0 Å². The Labute approximate surface area is 332 Å². The second-order valence-corrected chi connectivity index (χ2v) is 15.2. The lowest BCUT2D eigenvalue weighted by Gasteiger charge is -2.14. The molecule has 58 heavy (non-hydrogen) atoms. The first-order chi connectivity index (χ1) is 28.8. The molecule has 13 rings (SSSR count). The van der Waals surface area contributed by atoms with Gasteiger partial charge >= 0.3 is 0 Å². The van der Waals surface area contributed by atoms with Gasteiger partial charge in [-0.3, -0.25) is 0 Å². The Kier molecular flexibility index (Phi) is 6.41. The lowest BCUT2D eigenvalue weighted by Crippen LogP contribution is -1.96. The standard InChI is InChI=1S/C54H32N2O2/c1-2-14-33(15-3-1)41-31-44-36-17-5-9-23-46(36)56(49-25-13-21-40-38-19-7-11-27-52(38)58-54(40)49)50(44)32-42(41)34-28-29-47-43(30-34)35-16-4-8-22-45(35)55(47)48-24-12-20-39-37-18-6-10-26-51(37)57-53(39)48/h1-32H. The van der Waals surface area contributed by atoms with E-state index in [2.05, 4.69) is 191 Å². The lowest BCUT2D eigenvalue weighted by atomic mass is 9.92. The molecule has 0 aliphatic rings. The van der Waals surface area contributed by atoms with Crippen LogP contribution < -0.4 is 0 Å². The van der Waals surface area contributed by atoms with E-state index >= 15 is 0 Å². The number of aromatic nitrogens is 2. The van der Waals surface area contributed by atoms with E-state index in [1.54, 1.807) is 0 Å². The zero-order valence-corrected chi connectivity index (χ0v) is 31.2. The minimum absolute atomic E-state index is 0.883. The van der Waals surface area contributed by atoms with Gasteiger partial charge in [0.25, 0.3) is 0 Å². The fraction of sp³-hybridized carbons (Fsp3) is 0. The number of fused-ring (bicyclic) bond motifs is 12. The first-order valence-electron chi connectivity index (χ1n) is 19.8. The molecule has 4 heterocycles. The molecule has 0 atom stereocenters. The van der Waals surface area contributed by atoms with E-state index in [0.29, 0.717) is 0 Å². The Morgan fingerprint density at radius 2 is 0.741 bits per heavy atom. The van der Waals surface area contributed by atoms with Crippen LogP contribution >= 0.6 is 0 Å². The number of benzene rings is 9. The summed E-state index contributed by atoms with van der Waals surface area (Å²) in [6.07, 6.45) is 0. The molecule has 4 heteroatoms. The highest BCUT2D eigenvalue weighted by Gasteiger charge is 2.22. The van der Waals surface area contributed by atoms with E-state index in [0.717, 1.165) is 88.4 Å². The fourth-order valence-electron chi connectivity index (χ4n) is 9.59. The molecule has 0 saturated heterocycles. The van der Waals surface area contributed by atoms with Gasteiger partial charge in [0.05, 0.1) is 33.4 Å². The summed E-state index contributed by atoms with van der Waals surface area (Å²) in [7, 11) is 0. The summed E-state index contributed by atoms with van der Waals surface area (Å²) in [5, 5.41) is 9.26. The average molecular weight is 741 g/mol. The van der Waals surface area contributed by atoms with Crippen LogP contribution in [0.3, 0.4) is 0 Å². The van der Waals surface area contributed by atoms with Gasteiger partial charge in [0.15, 0.2) is 11.2 Å². The highest BCUT2D eigenvalue weighted by atomic mass is 16.3. The predicted octanol–water partition coefficient (Wildman–Crippen LogP) is 15.0. The van der Waals surface area contributed by atoms with Gasteiger partial charge in [-0.15, -0.1) is 0 Å². The smallest absolute Gasteiger partial charge is 0.159 e. The lowest BCUT2D eigenvalue weighted by molar-refractivity contribution is 0.666. The summed E-state index contributed by atoms with van der Waals surface area (Å²) in [6.45, 7) is 0. The molecule has 0 aliphatic carbocycles. The summed E-state index contributed by atoms with van der Waals surface area (Å²) in [4.78, 5) is 0. The maximum absolute atomic E-state index is 6.66. The molecule has 0 saturated carbocycles. The normalized spacial score (nSPS) is 12.1. The topological polar surface area (TPSA) is 36.1 Å². The van der Waals surface area contributed by atoms with Gasteiger partial charge in [0, 0.05) is 43.1 Å². The maximum Gasteiger partial charge on any atom is 0.159 e. The highest BCUT2D eigenvalue weighted by Crippen LogP contribution is 2.45. The van der Waals surface area contributed by atoms with Crippen molar-refractivity contribution < 1.29 is 8.83 Å². The van der Waals surface area contributed by atoms with E-state index in [4.69, 9.17) is 8.83 Å². The van der Waals surface area contributed by atoms with Crippen molar-refractivity contribution in [3.8, 4) is 33.6 Å². The maximum atomic E-state index is 6.66. The van der Waals surface area contributed by atoms with Crippen LogP contribution in [-0.4, -0.2) is 9.13 Å². The minimum atomic E-state index is 0.883. The summed E-state index contributed by atoms with van der Waals surface area (Å²) in [5.74, 6) is 0. The molecule has 0 aliphatic heterocycles. The van der Waals surface area contributed by atoms with Gasteiger partial charge in [-0.2, -0.15) is 0 Å². The van der Waals surface area contributed by atoms with Gasteiger partial charge in [0.1, 0.15) is 11.2 Å². The minimum Gasteiger partial charge on any atom is -0.454 e. The molecular weight excluding hydrogens is 709 g/mol. The van der Waals surface area contributed by atoms with Crippen molar-refractivity contribution in [3.05, 3.63) is 194 Å². The second-order valence-electron chi connectivity index (χ2n) is 15.2. The first kappa shape index (κ1) is 31.4.